The minimum atomic E-state index is -4.44. The number of carbonyl (C=O) groups is 2. The Morgan fingerprint density at radius 3 is 2.32 bits per heavy atom. The maximum Gasteiger partial charge on any atom is 0.416 e. The second kappa shape index (κ2) is 9.25. The van der Waals surface area contributed by atoms with Gasteiger partial charge in [0, 0.05) is 11.6 Å². The number of amides is 1. The van der Waals surface area contributed by atoms with Crippen LogP contribution in [0.2, 0.25) is 0 Å². The minimum Gasteiger partial charge on any atom is -0.496 e. The Morgan fingerprint density at radius 1 is 1.11 bits per heavy atom. The maximum absolute atomic E-state index is 12.7. The number of methoxy groups -OCH3 is 1. The molecule has 150 valence electrons. The molecule has 2 aromatic rings. The van der Waals surface area contributed by atoms with Crippen LogP contribution < -0.4 is 10.1 Å². The number of carboxylic acids is 1. The molecule has 28 heavy (non-hydrogen) atoms. The van der Waals surface area contributed by atoms with E-state index < -0.39 is 29.7 Å². The molecule has 0 saturated carbocycles. The Bertz CT molecular complexity index is 819. The summed E-state index contributed by atoms with van der Waals surface area (Å²) < 4.78 is 43.1. The molecule has 2 N–H and O–H groups in total. The first kappa shape index (κ1) is 21.3. The molecular weight excluding hydrogens is 375 g/mol. The van der Waals surface area contributed by atoms with Gasteiger partial charge in [-0.1, -0.05) is 30.3 Å². The molecule has 0 aliphatic rings. The fourth-order valence-electron chi connectivity index (χ4n) is 2.80. The minimum absolute atomic E-state index is 0.00680. The van der Waals surface area contributed by atoms with E-state index in [1.54, 1.807) is 24.3 Å². The molecule has 0 radical (unpaired) electrons. The van der Waals surface area contributed by atoms with E-state index in [4.69, 9.17) is 9.84 Å². The average molecular weight is 395 g/mol. The molecule has 0 aliphatic carbocycles. The van der Waals surface area contributed by atoms with Gasteiger partial charge in [-0.2, -0.15) is 13.2 Å². The number of hydrogen-bond donors (Lipinski definition) is 2. The quantitative estimate of drug-likeness (QED) is 0.718. The first-order chi connectivity index (χ1) is 13.2. The van der Waals surface area contributed by atoms with E-state index in [1.807, 2.05) is 0 Å². The van der Waals surface area contributed by atoms with Gasteiger partial charge < -0.3 is 15.2 Å². The van der Waals surface area contributed by atoms with Crippen LogP contribution in [0.5, 0.6) is 5.75 Å². The van der Waals surface area contributed by atoms with E-state index in [-0.39, 0.29) is 19.3 Å². The standard InChI is InChI=1S/C20H20F3NO4/c1-28-17-5-3-2-4-14(17)11-18(25)24-16(12-19(26)27)10-13-6-8-15(9-7-13)20(21,22)23/h2-9,16H,10-12H2,1H3,(H,24,25)(H,26,27)/t16-/m0/s1. The Labute approximate surface area is 160 Å². The van der Waals surface area contributed by atoms with Crippen LogP contribution in [0.1, 0.15) is 23.1 Å². The van der Waals surface area contributed by atoms with E-state index in [2.05, 4.69) is 5.32 Å². The van der Waals surface area contributed by atoms with Crippen molar-refractivity contribution >= 4 is 11.9 Å². The third kappa shape index (κ3) is 6.29. The topological polar surface area (TPSA) is 75.6 Å². The highest BCUT2D eigenvalue weighted by molar-refractivity contribution is 5.80. The summed E-state index contributed by atoms with van der Waals surface area (Å²) in [6.45, 7) is 0. The monoisotopic (exact) mass is 395 g/mol. The second-order valence-electron chi connectivity index (χ2n) is 6.25. The number of rotatable bonds is 8. The zero-order chi connectivity index (χ0) is 20.7. The van der Waals surface area contributed by atoms with Crippen LogP contribution in [-0.4, -0.2) is 30.1 Å². The lowest BCUT2D eigenvalue weighted by Gasteiger charge is -2.18. The van der Waals surface area contributed by atoms with Gasteiger partial charge in [0.05, 0.1) is 25.5 Å². The molecule has 0 heterocycles. The van der Waals surface area contributed by atoms with Crippen LogP contribution in [0.3, 0.4) is 0 Å². The van der Waals surface area contributed by atoms with E-state index in [0.29, 0.717) is 16.9 Å². The maximum atomic E-state index is 12.7. The van der Waals surface area contributed by atoms with Crippen LogP contribution >= 0.6 is 0 Å². The molecule has 0 spiro atoms. The second-order valence-corrected chi connectivity index (χ2v) is 6.25. The van der Waals surface area contributed by atoms with Crippen molar-refractivity contribution < 1.29 is 32.6 Å². The zero-order valence-corrected chi connectivity index (χ0v) is 15.1. The fourth-order valence-corrected chi connectivity index (χ4v) is 2.80. The average Bonchev–Trinajstić information content (AvgIpc) is 2.61. The summed E-state index contributed by atoms with van der Waals surface area (Å²) in [7, 11) is 1.48. The van der Waals surface area contributed by atoms with Gasteiger partial charge >= 0.3 is 12.1 Å². The first-order valence-electron chi connectivity index (χ1n) is 8.48. The lowest BCUT2D eigenvalue weighted by Crippen LogP contribution is -2.39. The number of halogens is 3. The van der Waals surface area contributed by atoms with E-state index in [0.717, 1.165) is 12.1 Å². The Kier molecular flexibility index (Phi) is 7.03. The van der Waals surface area contributed by atoms with Gasteiger partial charge in [0.2, 0.25) is 5.91 Å². The van der Waals surface area contributed by atoms with E-state index in [9.17, 15) is 22.8 Å². The summed E-state index contributed by atoms with van der Waals surface area (Å²) in [4.78, 5) is 23.4. The number of nitrogens with one attached hydrogen (secondary N) is 1. The van der Waals surface area contributed by atoms with Crippen molar-refractivity contribution in [3.8, 4) is 5.75 Å². The molecule has 0 aliphatic heterocycles. The highest BCUT2D eigenvalue weighted by Gasteiger charge is 2.30. The van der Waals surface area contributed by atoms with E-state index in [1.165, 1.54) is 19.2 Å². The van der Waals surface area contributed by atoms with Gasteiger partial charge in [-0.3, -0.25) is 9.59 Å². The number of aliphatic carboxylic acids is 1. The normalized spacial score (nSPS) is 12.3. The van der Waals surface area contributed by atoms with Crippen LogP contribution in [0.25, 0.3) is 0 Å². The van der Waals surface area contributed by atoms with Gasteiger partial charge in [-0.15, -0.1) is 0 Å². The number of carboxylic acid groups (broad SMARTS) is 1. The summed E-state index contributed by atoms with van der Waals surface area (Å²) in [5.74, 6) is -0.979. The van der Waals surface area contributed by atoms with Crippen molar-refractivity contribution in [3.05, 3.63) is 65.2 Å². The van der Waals surface area contributed by atoms with Crippen molar-refractivity contribution in [2.45, 2.75) is 31.5 Å². The van der Waals surface area contributed by atoms with Gasteiger partial charge in [0.1, 0.15) is 5.75 Å². The number of carbonyl (C=O) groups excluding carboxylic acids is 1. The lowest BCUT2D eigenvalue weighted by molar-refractivity contribution is -0.138. The van der Waals surface area contributed by atoms with Crippen molar-refractivity contribution in [3.63, 3.8) is 0 Å². The van der Waals surface area contributed by atoms with Gasteiger partial charge in [-0.25, -0.2) is 0 Å². The summed E-state index contributed by atoms with van der Waals surface area (Å²) in [6.07, 6.45) is -4.70. The first-order valence-corrected chi connectivity index (χ1v) is 8.48. The van der Waals surface area contributed by atoms with Crippen LogP contribution in [0.4, 0.5) is 13.2 Å². The molecule has 2 aromatic carbocycles. The third-order valence-electron chi connectivity index (χ3n) is 4.09. The van der Waals surface area contributed by atoms with Crippen molar-refractivity contribution in [2.24, 2.45) is 0 Å². The molecule has 0 unspecified atom stereocenters. The molecule has 5 nitrogen and oxygen atoms in total. The summed E-state index contributed by atoms with van der Waals surface area (Å²) in [6, 6.07) is 10.6. The fraction of sp³-hybridized carbons (Fsp3) is 0.300. The summed E-state index contributed by atoms with van der Waals surface area (Å²) in [5, 5.41) is 11.7. The molecule has 1 amide bonds. The molecular formula is C20H20F3NO4. The van der Waals surface area contributed by atoms with Gasteiger partial charge in [0.25, 0.3) is 0 Å². The molecule has 0 saturated heterocycles. The smallest absolute Gasteiger partial charge is 0.416 e. The van der Waals surface area contributed by atoms with Crippen molar-refractivity contribution in [1.82, 2.24) is 5.32 Å². The van der Waals surface area contributed by atoms with Crippen molar-refractivity contribution in [2.75, 3.05) is 7.11 Å². The van der Waals surface area contributed by atoms with Crippen LogP contribution in [0, 0.1) is 0 Å². The van der Waals surface area contributed by atoms with E-state index >= 15 is 0 Å². The van der Waals surface area contributed by atoms with Crippen molar-refractivity contribution in [1.29, 1.82) is 0 Å². The number of benzene rings is 2. The molecule has 2 rings (SSSR count). The molecule has 0 bridgehead atoms. The number of alkyl halides is 3. The highest BCUT2D eigenvalue weighted by Crippen LogP contribution is 2.29. The van der Waals surface area contributed by atoms with Gasteiger partial charge in [-0.05, 0) is 30.2 Å². The highest BCUT2D eigenvalue weighted by atomic mass is 19.4. The van der Waals surface area contributed by atoms with Crippen LogP contribution in [0.15, 0.2) is 48.5 Å². The molecule has 8 heteroatoms. The molecule has 0 fully saturated rings. The predicted molar refractivity (Wildman–Crippen MR) is 96.0 cm³/mol. The lowest BCUT2D eigenvalue weighted by atomic mass is 10.0. The third-order valence-corrected chi connectivity index (χ3v) is 4.09. The van der Waals surface area contributed by atoms with Crippen LogP contribution in [-0.2, 0) is 28.6 Å². The Hall–Kier alpha value is -3.03. The summed E-state index contributed by atoms with van der Waals surface area (Å²) in [5.41, 5.74) is 0.356. The SMILES string of the molecule is COc1ccccc1CC(=O)N[C@H](CC(=O)O)Cc1ccc(C(F)(F)F)cc1. The van der Waals surface area contributed by atoms with Gasteiger partial charge in [0.15, 0.2) is 0 Å². The Morgan fingerprint density at radius 2 is 1.75 bits per heavy atom. The molecule has 1 atom stereocenters. The number of ether oxygens (including phenoxy) is 1. The number of para-hydroxylation sites is 1. The Balaban J connectivity index is 2.06. The number of hydrogen-bond acceptors (Lipinski definition) is 3. The zero-order valence-electron chi connectivity index (χ0n) is 15.1. The summed E-state index contributed by atoms with van der Waals surface area (Å²) >= 11 is 0. The molecule has 0 aromatic heterocycles. The largest absolute Gasteiger partial charge is 0.496 e. The predicted octanol–water partition coefficient (Wildman–Crippen LogP) is 3.46.